The topological polar surface area (TPSA) is 108 Å². The number of rotatable bonds is 10. The normalized spacial score (nSPS) is 22.8. The van der Waals surface area contributed by atoms with E-state index in [0.717, 1.165) is 22.4 Å². The smallest absolute Gasteiger partial charge is 0.383 e. The first-order valence-corrected chi connectivity index (χ1v) is 16.7. The zero-order valence-corrected chi connectivity index (χ0v) is 26.7. The molecule has 44 heavy (non-hydrogen) atoms. The van der Waals surface area contributed by atoms with Gasteiger partial charge < -0.3 is 15.0 Å². The van der Waals surface area contributed by atoms with Gasteiger partial charge in [0.1, 0.15) is 11.4 Å². The van der Waals surface area contributed by atoms with Crippen molar-refractivity contribution >= 4 is 39.4 Å². The molecule has 2 fully saturated rings. The molecule has 0 aromatic heterocycles. The highest BCUT2D eigenvalue weighted by Crippen LogP contribution is 2.38. The van der Waals surface area contributed by atoms with E-state index < -0.39 is 28.2 Å². The molecule has 1 spiro atoms. The molecule has 2 amide bonds. The molecule has 4 rings (SSSR count). The summed E-state index contributed by atoms with van der Waals surface area (Å²) in [6.45, 7) is 6.30. The van der Waals surface area contributed by atoms with Crippen LogP contribution in [0.15, 0.2) is 22.5 Å². The zero-order chi connectivity index (χ0) is 32.3. The molecule has 244 valence electrons. The van der Waals surface area contributed by atoms with Crippen LogP contribution >= 0.6 is 0 Å². The monoisotopic (exact) mass is 640 g/mol. The van der Waals surface area contributed by atoms with Gasteiger partial charge in [0.25, 0.3) is 5.91 Å². The minimum absolute atomic E-state index is 0.00512. The second kappa shape index (κ2) is 13.7. The number of piperidine rings is 1. The number of hydrogen-bond donors (Lipinski definition) is 1. The number of ether oxygens (including phenoxy) is 1. The molecule has 1 aromatic rings. The first-order chi connectivity index (χ1) is 20.6. The SMILES string of the molecule is COCCN(C(C)=O)c1cc(C)c(C=CS(=O)(=O)N2CCC3(CC2)N=C(C2CCC(CCC(F)(F)F)CC2)NC3=O)c(C)c1. The number of methoxy groups -OCH3 is 1. The number of alkyl halides is 3. The van der Waals surface area contributed by atoms with Crippen LogP contribution in [0.3, 0.4) is 0 Å². The number of carbonyl (C=O) groups is 2. The summed E-state index contributed by atoms with van der Waals surface area (Å²) >= 11 is 0. The number of carbonyl (C=O) groups excluding carboxylic acids is 2. The predicted molar refractivity (Wildman–Crippen MR) is 164 cm³/mol. The molecule has 3 aliphatic rings. The number of aliphatic imine (C=N–C) groups is 1. The number of amidine groups is 1. The first-order valence-electron chi connectivity index (χ1n) is 15.2. The van der Waals surface area contributed by atoms with Crippen LogP contribution in [0, 0.1) is 25.7 Å². The van der Waals surface area contributed by atoms with E-state index in [1.807, 2.05) is 26.0 Å². The van der Waals surface area contributed by atoms with Crippen LogP contribution in [0.5, 0.6) is 0 Å². The highest BCUT2D eigenvalue weighted by Gasteiger charge is 2.48. The van der Waals surface area contributed by atoms with Gasteiger partial charge in [0.05, 0.1) is 6.61 Å². The minimum atomic E-state index is -4.14. The van der Waals surface area contributed by atoms with Crippen molar-refractivity contribution in [3.05, 3.63) is 34.2 Å². The first kappa shape index (κ1) is 34.1. The summed E-state index contributed by atoms with van der Waals surface area (Å²) in [4.78, 5) is 31.6. The van der Waals surface area contributed by atoms with Crippen LogP contribution in [0.4, 0.5) is 18.9 Å². The van der Waals surface area contributed by atoms with E-state index in [9.17, 15) is 31.2 Å². The van der Waals surface area contributed by atoms with E-state index >= 15 is 0 Å². The van der Waals surface area contributed by atoms with Gasteiger partial charge in [-0.25, -0.2) is 8.42 Å². The number of benzene rings is 1. The lowest BCUT2D eigenvalue weighted by Crippen LogP contribution is -2.50. The van der Waals surface area contributed by atoms with Crippen LogP contribution in [-0.4, -0.2) is 75.4 Å². The minimum Gasteiger partial charge on any atom is -0.383 e. The molecule has 0 unspecified atom stereocenters. The van der Waals surface area contributed by atoms with Crippen molar-refractivity contribution in [2.75, 3.05) is 38.3 Å². The van der Waals surface area contributed by atoms with Crippen LogP contribution < -0.4 is 10.2 Å². The van der Waals surface area contributed by atoms with Gasteiger partial charge >= 0.3 is 6.18 Å². The average Bonchev–Trinajstić information content (AvgIpc) is 3.26. The number of nitrogens with zero attached hydrogens (tertiary/aromatic N) is 3. The van der Waals surface area contributed by atoms with E-state index in [2.05, 4.69) is 5.32 Å². The van der Waals surface area contributed by atoms with Crippen molar-refractivity contribution in [1.29, 1.82) is 0 Å². The number of amides is 2. The summed E-state index contributed by atoms with van der Waals surface area (Å²) in [5.74, 6) is 0.290. The number of aryl methyl sites for hydroxylation is 2. The molecule has 1 aromatic carbocycles. The molecule has 9 nitrogen and oxygen atoms in total. The number of hydrogen-bond acceptors (Lipinski definition) is 6. The molecule has 2 heterocycles. The Balaban J connectivity index is 1.37. The van der Waals surface area contributed by atoms with Crippen molar-refractivity contribution in [3.8, 4) is 0 Å². The maximum absolute atomic E-state index is 13.3. The predicted octanol–water partition coefficient (Wildman–Crippen LogP) is 5.12. The Hall–Kier alpha value is -2.77. The maximum atomic E-state index is 13.3. The van der Waals surface area contributed by atoms with Gasteiger partial charge in [0, 0.05) is 57.1 Å². The Labute approximate surface area is 258 Å². The molecule has 0 radical (unpaired) electrons. The maximum Gasteiger partial charge on any atom is 0.389 e. The molecule has 1 N–H and O–H groups in total. The number of anilines is 1. The van der Waals surface area contributed by atoms with Crippen LogP contribution in [-0.2, 0) is 24.3 Å². The largest absolute Gasteiger partial charge is 0.389 e. The van der Waals surface area contributed by atoms with Crippen molar-refractivity contribution in [3.63, 3.8) is 0 Å². The highest BCUT2D eigenvalue weighted by atomic mass is 32.2. The number of sulfonamides is 1. The van der Waals surface area contributed by atoms with Gasteiger partial charge in [-0.05, 0) is 99.6 Å². The Bertz CT molecular complexity index is 1370. The van der Waals surface area contributed by atoms with Crippen molar-refractivity contribution in [2.45, 2.75) is 83.9 Å². The van der Waals surface area contributed by atoms with Gasteiger partial charge in [-0.2, -0.15) is 17.5 Å². The lowest BCUT2D eigenvalue weighted by atomic mass is 9.79. The fraction of sp³-hybridized carbons (Fsp3) is 0.645. The average molecular weight is 641 g/mol. The zero-order valence-electron chi connectivity index (χ0n) is 25.9. The lowest BCUT2D eigenvalue weighted by Gasteiger charge is -2.34. The Morgan fingerprint density at radius 3 is 2.32 bits per heavy atom. The summed E-state index contributed by atoms with van der Waals surface area (Å²) in [6, 6.07) is 3.70. The van der Waals surface area contributed by atoms with E-state index in [-0.39, 0.29) is 56.0 Å². The Morgan fingerprint density at radius 1 is 1.16 bits per heavy atom. The second-order valence-electron chi connectivity index (χ2n) is 12.3. The molecule has 2 aliphatic heterocycles. The van der Waals surface area contributed by atoms with Gasteiger partial charge in [0.15, 0.2) is 0 Å². The van der Waals surface area contributed by atoms with Crippen molar-refractivity contribution < 1.29 is 35.9 Å². The molecule has 0 bridgehead atoms. The fourth-order valence-electron chi connectivity index (χ4n) is 6.54. The number of halogens is 3. The van der Waals surface area contributed by atoms with Crippen molar-refractivity contribution in [1.82, 2.24) is 9.62 Å². The van der Waals surface area contributed by atoms with Crippen LogP contribution in [0.2, 0.25) is 0 Å². The number of nitrogens with one attached hydrogen (secondary N) is 1. The standard InChI is InChI=1S/C31H43F3N4O5S/c1-21-19-26(38(23(3)39)16-17-43-4)20-22(2)27(21)10-18-44(41,42)37-14-12-30(13-15-37)29(40)35-28(36-30)25-7-5-24(6-8-25)9-11-31(32,33)34/h10,18-20,24-25H,5-9,11-17H2,1-4H3,(H,35,36,40). The van der Waals surface area contributed by atoms with E-state index in [0.29, 0.717) is 44.7 Å². The molecule has 1 saturated carbocycles. The van der Waals surface area contributed by atoms with E-state index in [1.165, 1.54) is 16.6 Å². The van der Waals surface area contributed by atoms with Crippen molar-refractivity contribution in [2.24, 2.45) is 16.8 Å². The summed E-state index contributed by atoms with van der Waals surface area (Å²) in [7, 11) is -2.21. The molecule has 13 heteroatoms. The molecular weight excluding hydrogens is 597 g/mol. The lowest BCUT2D eigenvalue weighted by molar-refractivity contribution is -0.138. The van der Waals surface area contributed by atoms with Crippen LogP contribution in [0.25, 0.3) is 6.08 Å². The Morgan fingerprint density at radius 2 is 1.77 bits per heavy atom. The fourth-order valence-corrected chi connectivity index (χ4v) is 7.71. The van der Waals surface area contributed by atoms with Gasteiger partial charge in [-0.1, -0.05) is 0 Å². The van der Waals surface area contributed by atoms with Crippen LogP contribution in [0.1, 0.15) is 75.0 Å². The molecule has 0 atom stereocenters. The van der Waals surface area contributed by atoms with E-state index in [4.69, 9.17) is 9.73 Å². The summed E-state index contributed by atoms with van der Waals surface area (Å²) < 4.78 is 70.8. The summed E-state index contributed by atoms with van der Waals surface area (Å²) in [6.07, 6.45) is 0.0241. The van der Waals surface area contributed by atoms with E-state index in [1.54, 1.807) is 18.1 Å². The third kappa shape index (κ3) is 8.08. The summed E-state index contributed by atoms with van der Waals surface area (Å²) in [5.41, 5.74) is 2.11. The quantitative estimate of drug-likeness (QED) is 0.382. The summed E-state index contributed by atoms with van der Waals surface area (Å²) in [5, 5.41) is 4.10. The molecular formula is C31H43F3N4O5S. The van der Waals surface area contributed by atoms with Gasteiger partial charge in [-0.3, -0.25) is 14.6 Å². The Kier molecular flexibility index (Phi) is 10.6. The van der Waals surface area contributed by atoms with Gasteiger partial charge in [0.2, 0.25) is 15.9 Å². The third-order valence-corrected chi connectivity index (χ3v) is 10.7. The van der Waals surface area contributed by atoms with Gasteiger partial charge in [-0.15, -0.1) is 0 Å². The molecule has 1 saturated heterocycles. The highest BCUT2D eigenvalue weighted by molar-refractivity contribution is 7.92. The molecule has 1 aliphatic carbocycles. The second-order valence-corrected chi connectivity index (χ2v) is 14.1. The third-order valence-electron chi connectivity index (χ3n) is 9.17.